The summed E-state index contributed by atoms with van der Waals surface area (Å²) in [6.07, 6.45) is 7.46. The first kappa shape index (κ1) is 15.6. The van der Waals surface area contributed by atoms with Crippen molar-refractivity contribution in [3.63, 3.8) is 0 Å². The predicted molar refractivity (Wildman–Crippen MR) is 100 cm³/mol. The fraction of sp³-hybridized carbons (Fsp3) is 0.500. The zero-order chi connectivity index (χ0) is 18.4. The maximum atomic E-state index is 13.5. The van der Waals surface area contributed by atoms with E-state index in [1.165, 1.54) is 4.90 Å². The van der Waals surface area contributed by atoms with Crippen molar-refractivity contribution in [2.45, 2.75) is 31.7 Å². The van der Waals surface area contributed by atoms with Gasteiger partial charge in [-0.05, 0) is 38.3 Å². The van der Waals surface area contributed by atoms with Crippen LogP contribution in [0.4, 0.5) is 5.69 Å². The number of ether oxygens (including phenoxy) is 1. The second-order valence-electron chi connectivity index (χ2n) is 8.43. The smallest absolute Gasteiger partial charge is 0.238 e. The standard InChI is InChI=1S/C22H22N2O3/c1-2-27-20-21-11-6-12-22(21,23-20)15-10-9-14(21)16-17(15)19(26)24(18(16)25)13-7-4-3-5-8-13/h3-5,7-10,14-17H,2,6,11-12H2,1H3/t14-,15-,16-,17-,21+,22-/m1/s1. The average Bonchev–Trinajstić information content (AvgIpc) is 3.16. The number of allylic oxidation sites excluding steroid dienone is 1. The van der Waals surface area contributed by atoms with E-state index in [9.17, 15) is 9.59 Å². The van der Waals surface area contributed by atoms with Gasteiger partial charge in [-0.3, -0.25) is 14.5 Å². The van der Waals surface area contributed by atoms with Gasteiger partial charge in [0.25, 0.3) is 0 Å². The zero-order valence-corrected chi connectivity index (χ0v) is 15.3. The normalized spacial score (nSPS) is 43.1. The van der Waals surface area contributed by atoms with E-state index in [1.807, 2.05) is 37.3 Å². The molecule has 5 nitrogen and oxygen atoms in total. The molecule has 27 heavy (non-hydrogen) atoms. The van der Waals surface area contributed by atoms with E-state index in [4.69, 9.17) is 9.73 Å². The average molecular weight is 362 g/mol. The van der Waals surface area contributed by atoms with Gasteiger partial charge in [-0.2, -0.15) is 0 Å². The lowest BCUT2D eigenvalue weighted by atomic mass is 9.42. The Bertz CT molecular complexity index is 923. The summed E-state index contributed by atoms with van der Waals surface area (Å²) in [6.45, 7) is 2.57. The van der Waals surface area contributed by atoms with Gasteiger partial charge in [0.2, 0.25) is 11.8 Å². The molecule has 2 bridgehead atoms. The van der Waals surface area contributed by atoms with Crippen molar-refractivity contribution in [3.8, 4) is 0 Å². The molecule has 2 saturated carbocycles. The van der Waals surface area contributed by atoms with E-state index in [-0.39, 0.29) is 46.4 Å². The first-order valence-electron chi connectivity index (χ1n) is 10.00. The summed E-state index contributed by atoms with van der Waals surface area (Å²) in [5, 5.41) is 0. The van der Waals surface area contributed by atoms with Gasteiger partial charge in [0, 0.05) is 11.8 Å². The van der Waals surface area contributed by atoms with Crippen LogP contribution in [0.5, 0.6) is 0 Å². The Morgan fingerprint density at radius 1 is 1.07 bits per heavy atom. The van der Waals surface area contributed by atoms with Crippen molar-refractivity contribution in [3.05, 3.63) is 42.5 Å². The summed E-state index contributed by atoms with van der Waals surface area (Å²) >= 11 is 0. The number of carbonyl (C=O) groups excluding carboxylic acids is 2. The molecule has 0 aromatic heterocycles. The number of amides is 2. The fourth-order valence-electron chi connectivity index (χ4n) is 6.89. The predicted octanol–water partition coefficient (Wildman–Crippen LogP) is 2.97. The molecule has 4 aliphatic carbocycles. The van der Waals surface area contributed by atoms with Gasteiger partial charge in [0.05, 0.1) is 35.1 Å². The van der Waals surface area contributed by atoms with Gasteiger partial charge < -0.3 is 4.74 Å². The number of imide groups is 1. The Kier molecular flexibility index (Phi) is 2.83. The third-order valence-electron chi connectivity index (χ3n) is 7.70. The Morgan fingerprint density at radius 2 is 1.78 bits per heavy atom. The highest BCUT2D eigenvalue weighted by Gasteiger charge is 2.80. The Morgan fingerprint density at radius 3 is 2.52 bits per heavy atom. The van der Waals surface area contributed by atoms with Crippen LogP contribution in [0.1, 0.15) is 26.2 Å². The molecule has 0 unspecified atom stereocenters. The van der Waals surface area contributed by atoms with Gasteiger partial charge in [-0.15, -0.1) is 0 Å². The second-order valence-corrected chi connectivity index (χ2v) is 8.43. The van der Waals surface area contributed by atoms with E-state index in [0.29, 0.717) is 12.3 Å². The van der Waals surface area contributed by atoms with Gasteiger partial charge in [0.1, 0.15) is 0 Å². The summed E-state index contributed by atoms with van der Waals surface area (Å²) in [6, 6.07) is 9.33. The highest BCUT2D eigenvalue weighted by molar-refractivity contribution is 6.23. The SMILES string of the molecule is CCOC1=N[C@@]23CCC[C@]12[C@@H]1C=C[C@@H]3[C@H]2C(=O)N(c3ccccc3)C(=O)[C@@H]21. The number of carbonyl (C=O) groups is 2. The minimum atomic E-state index is -0.287. The topological polar surface area (TPSA) is 59.0 Å². The Balaban J connectivity index is 1.49. The summed E-state index contributed by atoms with van der Waals surface area (Å²) in [7, 11) is 0. The molecular weight excluding hydrogens is 340 g/mol. The molecule has 1 aromatic rings. The minimum absolute atomic E-state index is 0.00404. The second kappa shape index (κ2) is 4.89. The van der Waals surface area contributed by atoms with Crippen LogP contribution in [-0.2, 0) is 14.3 Å². The minimum Gasteiger partial charge on any atom is -0.481 e. The van der Waals surface area contributed by atoms with Crippen LogP contribution < -0.4 is 4.90 Å². The molecule has 0 spiro atoms. The fourth-order valence-corrected chi connectivity index (χ4v) is 6.89. The van der Waals surface area contributed by atoms with Crippen molar-refractivity contribution in [2.24, 2.45) is 34.1 Å². The van der Waals surface area contributed by atoms with Crippen LogP contribution in [0, 0.1) is 29.1 Å². The molecule has 0 N–H and O–H groups in total. The largest absolute Gasteiger partial charge is 0.481 e. The number of nitrogens with zero attached hydrogens (tertiary/aromatic N) is 2. The number of para-hydroxylation sites is 1. The lowest BCUT2D eigenvalue weighted by molar-refractivity contribution is -0.135. The Labute approximate surface area is 158 Å². The quantitative estimate of drug-likeness (QED) is 0.600. The molecule has 6 atom stereocenters. The molecule has 1 aromatic carbocycles. The van der Waals surface area contributed by atoms with Gasteiger partial charge in [0.15, 0.2) is 5.90 Å². The van der Waals surface area contributed by atoms with E-state index >= 15 is 0 Å². The van der Waals surface area contributed by atoms with Gasteiger partial charge >= 0.3 is 0 Å². The molecule has 2 amide bonds. The van der Waals surface area contributed by atoms with E-state index in [2.05, 4.69) is 12.2 Å². The number of anilines is 1. The van der Waals surface area contributed by atoms with Crippen molar-refractivity contribution < 1.29 is 14.3 Å². The van der Waals surface area contributed by atoms with Crippen molar-refractivity contribution in [1.29, 1.82) is 0 Å². The lowest BCUT2D eigenvalue weighted by Gasteiger charge is -2.64. The van der Waals surface area contributed by atoms with Crippen LogP contribution in [0.25, 0.3) is 0 Å². The van der Waals surface area contributed by atoms with Crippen LogP contribution in [-0.4, -0.2) is 29.9 Å². The van der Waals surface area contributed by atoms with Gasteiger partial charge in [-0.25, -0.2) is 4.99 Å². The molecule has 2 heterocycles. The van der Waals surface area contributed by atoms with Crippen LogP contribution >= 0.6 is 0 Å². The molecule has 7 rings (SSSR count). The molecule has 6 aliphatic rings. The van der Waals surface area contributed by atoms with Crippen LogP contribution in [0.2, 0.25) is 0 Å². The molecule has 0 radical (unpaired) electrons. The number of hydrogen-bond acceptors (Lipinski definition) is 4. The number of aliphatic imine (C=N–C) groups is 1. The summed E-state index contributed by atoms with van der Waals surface area (Å²) in [5.74, 6) is 0.177. The molecule has 138 valence electrons. The van der Waals surface area contributed by atoms with Crippen molar-refractivity contribution >= 4 is 23.4 Å². The van der Waals surface area contributed by atoms with E-state index < -0.39 is 0 Å². The zero-order valence-electron chi connectivity index (χ0n) is 15.3. The maximum absolute atomic E-state index is 13.5. The molecular formula is C22H22N2O3. The number of hydrogen-bond donors (Lipinski definition) is 0. The summed E-state index contributed by atoms with van der Waals surface area (Å²) in [4.78, 5) is 33.3. The van der Waals surface area contributed by atoms with E-state index in [0.717, 1.165) is 25.2 Å². The first-order chi connectivity index (χ1) is 13.2. The molecule has 5 heteroatoms. The van der Waals surface area contributed by atoms with Crippen LogP contribution in [0.3, 0.4) is 0 Å². The molecule has 1 saturated heterocycles. The Hall–Kier alpha value is -2.43. The highest BCUT2D eigenvalue weighted by atomic mass is 16.5. The van der Waals surface area contributed by atoms with Gasteiger partial charge in [-0.1, -0.05) is 30.4 Å². The third-order valence-corrected chi connectivity index (χ3v) is 7.70. The van der Waals surface area contributed by atoms with Crippen LogP contribution in [0.15, 0.2) is 47.5 Å². The molecule has 3 fully saturated rings. The van der Waals surface area contributed by atoms with E-state index in [1.54, 1.807) is 0 Å². The highest BCUT2D eigenvalue weighted by Crippen LogP contribution is 2.74. The number of rotatable bonds is 2. The summed E-state index contributed by atoms with van der Waals surface area (Å²) < 4.78 is 5.93. The maximum Gasteiger partial charge on any atom is 0.238 e. The van der Waals surface area contributed by atoms with Crippen molar-refractivity contribution in [2.75, 3.05) is 11.5 Å². The lowest BCUT2D eigenvalue weighted by Crippen LogP contribution is -2.72. The van der Waals surface area contributed by atoms with Crippen molar-refractivity contribution in [1.82, 2.24) is 0 Å². The summed E-state index contributed by atoms with van der Waals surface area (Å²) in [5.41, 5.74) is 0.271. The first-order valence-corrected chi connectivity index (χ1v) is 10.00. The monoisotopic (exact) mass is 362 g/mol. The molecule has 2 aliphatic heterocycles. The number of benzene rings is 1. The third kappa shape index (κ3) is 1.50.